The number of aliphatic hydroxyl groups is 6. The van der Waals surface area contributed by atoms with Crippen LogP contribution in [0.25, 0.3) is 0 Å². The Morgan fingerprint density at radius 1 is 0.789 bits per heavy atom. The van der Waals surface area contributed by atoms with E-state index in [1.165, 1.54) is 25.7 Å². The maximum atomic E-state index is 12.1. The largest absolute Gasteiger partial charge is 0.472 e. The Balaban J connectivity index is 2.14. The fraction of sp³-hybridized carbons (Fsp3) is 0.880. The molecular formula is C25H47O12P. The first kappa shape index (κ1) is 35.1. The molecule has 0 amide bonds. The highest BCUT2D eigenvalue weighted by Crippen LogP contribution is 2.47. The molecule has 13 heteroatoms. The molecular weight excluding hydrogens is 523 g/mol. The van der Waals surface area contributed by atoms with Gasteiger partial charge in [-0.2, -0.15) is 0 Å². The SMILES string of the molecule is CCCCCC/C=C\CCCCCCCC(=O)OC[C@@H](O)COP(=O)(O)OC1C(O)C(O)C(O)[C@@H](O)C1O. The molecule has 1 saturated carbocycles. The summed E-state index contributed by atoms with van der Waals surface area (Å²) in [6.45, 7) is 0.942. The van der Waals surface area contributed by atoms with Crippen LogP contribution in [0.2, 0.25) is 0 Å². The number of aliphatic hydroxyl groups excluding tert-OH is 6. The van der Waals surface area contributed by atoms with Gasteiger partial charge >= 0.3 is 13.8 Å². The summed E-state index contributed by atoms with van der Waals surface area (Å²) in [5.41, 5.74) is 0. The van der Waals surface area contributed by atoms with Crippen LogP contribution < -0.4 is 0 Å². The van der Waals surface area contributed by atoms with E-state index < -0.39 is 69.7 Å². The molecule has 1 fully saturated rings. The Bertz CT molecular complexity index is 704. The van der Waals surface area contributed by atoms with Crippen molar-refractivity contribution >= 4 is 13.8 Å². The van der Waals surface area contributed by atoms with Crippen LogP contribution >= 0.6 is 7.82 Å². The first-order valence-corrected chi connectivity index (χ1v) is 15.0. The van der Waals surface area contributed by atoms with E-state index in [9.17, 15) is 44.9 Å². The molecule has 1 aliphatic carbocycles. The summed E-state index contributed by atoms with van der Waals surface area (Å²) in [7, 11) is -4.98. The van der Waals surface area contributed by atoms with Gasteiger partial charge in [0.1, 0.15) is 49.3 Å². The number of carbonyl (C=O) groups is 1. The lowest BCUT2D eigenvalue weighted by atomic mass is 9.85. The summed E-state index contributed by atoms with van der Waals surface area (Å²) in [5.74, 6) is -0.520. The van der Waals surface area contributed by atoms with E-state index in [2.05, 4.69) is 28.1 Å². The highest BCUT2D eigenvalue weighted by Gasteiger charge is 2.51. The lowest BCUT2D eigenvalue weighted by Crippen LogP contribution is -2.64. The van der Waals surface area contributed by atoms with Gasteiger partial charge in [-0.15, -0.1) is 0 Å². The monoisotopic (exact) mass is 570 g/mol. The average molecular weight is 571 g/mol. The van der Waals surface area contributed by atoms with Gasteiger partial charge in [-0.05, 0) is 32.1 Å². The standard InChI is InChI=1S/C25H47O12P/c1-2-3-4-5-6-7-8-9-10-11-12-13-14-15-19(27)35-16-18(26)17-36-38(33,34)37-25-23(31)21(29)20(28)22(30)24(25)32/h7-8,18,20-26,28-32H,2-6,9-17H2,1H3,(H,33,34)/b8-7-/t18-,20?,21-,22?,23?,24?,25?/m1/s1. The zero-order chi connectivity index (χ0) is 28.6. The molecule has 6 unspecified atom stereocenters. The van der Waals surface area contributed by atoms with Gasteiger partial charge in [0.2, 0.25) is 0 Å². The fourth-order valence-electron chi connectivity index (χ4n) is 3.98. The Labute approximate surface area is 224 Å². The predicted octanol–water partition coefficient (Wildman–Crippen LogP) is 1.47. The van der Waals surface area contributed by atoms with Gasteiger partial charge in [0, 0.05) is 6.42 Å². The van der Waals surface area contributed by atoms with Crippen LogP contribution in [0.3, 0.4) is 0 Å². The van der Waals surface area contributed by atoms with Crippen LogP contribution in [0, 0.1) is 0 Å². The van der Waals surface area contributed by atoms with Crippen molar-refractivity contribution in [1.29, 1.82) is 0 Å². The van der Waals surface area contributed by atoms with Crippen molar-refractivity contribution in [3.63, 3.8) is 0 Å². The zero-order valence-corrected chi connectivity index (χ0v) is 23.1. The van der Waals surface area contributed by atoms with E-state index in [1.807, 2.05) is 0 Å². The van der Waals surface area contributed by atoms with Gasteiger partial charge in [0.25, 0.3) is 0 Å². The van der Waals surface area contributed by atoms with E-state index in [-0.39, 0.29) is 6.42 Å². The summed E-state index contributed by atoms with van der Waals surface area (Å²) in [5, 5.41) is 58.5. The van der Waals surface area contributed by atoms with Crippen molar-refractivity contribution in [2.45, 2.75) is 127 Å². The number of ether oxygens (including phenoxy) is 1. The summed E-state index contributed by atoms with van der Waals surface area (Å²) in [6, 6.07) is 0. The van der Waals surface area contributed by atoms with E-state index in [0.29, 0.717) is 6.42 Å². The third kappa shape index (κ3) is 13.9. The molecule has 0 aliphatic heterocycles. The number of hydrogen-bond acceptors (Lipinski definition) is 11. The second-order valence-electron chi connectivity index (χ2n) is 9.75. The molecule has 12 nitrogen and oxygen atoms in total. The minimum Gasteiger partial charge on any atom is -0.463 e. The molecule has 0 aromatic rings. The number of esters is 1. The maximum Gasteiger partial charge on any atom is 0.472 e. The minimum absolute atomic E-state index is 0.181. The Morgan fingerprint density at radius 3 is 1.87 bits per heavy atom. The molecule has 1 rings (SSSR count). The van der Waals surface area contributed by atoms with Crippen molar-refractivity contribution in [2.75, 3.05) is 13.2 Å². The predicted molar refractivity (Wildman–Crippen MR) is 138 cm³/mol. The van der Waals surface area contributed by atoms with Crippen molar-refractivity contribution in [1.82, 2.24) is 0 Å². The van der Waals surface area contributed by atoms with Crippen LogP contribution in [0.1, 0.15) is 84.0 Å². The van der Waals surface area contributed by atoms with Crippen LogP contribution in [-0.4, -0.2) is 97.4 Å². The van der Waals surface area contributed by atoms with Crippen molar-refractivity contribution in [3.05, 3.63) is 12.2 Å². The highest BCUT2D eigenvalue weighted by molar-refractivity contribution is 7.47. The number of phosphoric acid groups is 1. The van der Waals surface area contributed by atoms with Gasteiger partial charge in [-0.3, -0.25) is 13.8 Å². The number of phosphoric ester groups is 1. The summed E-state index contributed by atoms with van der Waals surface area (Å²) in [6.07, 6.45) is 3.51. The van der Waals surface area contributed by atoms with Crippen LogP contribution in [0.4, 0.5) is 0 Å². The Kier molecular flexibility index (Phi) is 17.7. The molecule has 1 aliphatic rings. The normalized spacial score (nSPS) is 28.3. The molecule has 0 aromatic carbocycles. The smallest absolute Gasteiger partial charge is 0.463 e. The number of unbranched alkanes of at least 4 members (excludes halogenated alkanes) is 9. The molecule has 0 spiro atoms. The number of hydrogen-bond donors (Lipinski definition) is 7. The molecule has 0 bridgehead atoms. The fourth-order valence-corrected chi connectivity index (χ4v) is 4.96. The van der Waals surface area contributed by atoms with Gasteiger partial charge < -0.3 is 40.3 Å². The van der Waals surface area contributed by atoms with Gasteiger partial charge in [-0.1, -0.05) is 57.6 Å². The summed E-state index contributed by atoms with van der Waals surface area (Å²) >= 11 is 0. The molecule has 0 saturated heterocycles. The minimum atomic E-state index is -4.98. The molecule has 38 heavy (non-hydrogen) atoms. The topological polar surface area (TPSA) is 203 Å². The third-order valence-corrected chi connectivity index (χ3v) is 7.32. The van der Waals surface area contributed by atoms with Gasteiger partial charge in [0.05, 0.1) is 6.61 Å². The zero-order valence-electron chi connectivity index (χ0n) is 22.2. The van der Waals surface area contributed by atoms with Gasteiger partial charge in [-0.25, -0.2) is 4.57 Å². The average Bonchev–Trinajstić information content (AvgIpc) is 2.89. The van der Waals surface area contributed by atoms with E-state index in [0.717, 1.165) is 38.5 Å². The molecule has 224 valence electrons. The quantitative estimate of drug-likeness (QED) is 0.0481. The molecule has 8 atom stereocenters. The van der Waals surface area contributed by atoms with E-state index >= 15 is 0 Å². The van der Waals surface area contributed by atoms with E-state index in [1.54, 1.807) is 0 Å². The maximum absolute atomic E-state index is 12.1. The molecule has 0 heterocycles. The van der Waals surface area contributed by atoms with Crippen molar-refractivity contribution in [2.24, 2.45) is 0 Å². The Morgan fingerprint density at radius 2 is 1.29 bits per heavy atom. The van der Waals surface area contributed by atoms with Gasteiger partial charge in [0.15, 0.2) is 0 Å². The summed E-state index contributed by atoms with van der Waals surface area (Å²) in [4.78, 5) is 21.6. The number of rotatable bonds is 20. The second-order valence-corrected chi connectivity index (χ2v) is 11.2. The first-order valence-electron chi connectivity index (χ1n) is 13.5. The van der Waals surface area contributed by atoms with E-state index in [4.69, 9.17) is 4.74 Å². The number of allylic oxidation sites excluding steroid dienone is 2. The van der Waals surface area contributed by atoms with Crippen molar-refractivity contribution < 1.29 is 58.7 Å². The Hall–Kier alpha value is -0.920. The second kappa shape index (κ2) is 19.2. The molecule has 7 N–H and O–H groups in total. The van der Waals surface area contributed by atoms with Crippen LogP contribution in [0.15, 0.2) is 12.2 Å². The summed E-state index contributed by atoms with van der Waals surface area (Å²) < 4.78 is 26.3. The van der Waals surface area contributed by atoms with Crippen LogP contribution in [-0.2, 0) is 23.1 Å². The lowest BCUT2D eigenvalue weighted by molar-refractivity contribution is -0.220. The number of carbonyl (C=O) groups excluding carboxylic acids is 1. The molecule has 0 radical (unpaired) electrons. The van der Waals surface area contributed by atoms with Crippen LogP contribution in [0.5, 0.6) is 0 Å². The third-order valence-electron chi connectivity index (χ3n) is 6.34. The first-order chi connectivity index (χ1) is 18.0. The van der Waals surface area contributed by atoms with Crippen molar-refractivity contribution in [3.8, 4) is 0 Å². The molecule has 0 aromatic heterocycles. The highest BCUT2D eigenvalue weighted by atomic mass is 31.2. The lowest BCUT2D eigenvalue weighted by Gasteiger charge is -2.41.